The van der Waals surface area contributed by atoms with Crippen molar-refractivity contribution >= 4 is 13.8 Å². The molecule has 0 fully saturated rings. The van der Waals surface area contributed by atoms with Crippen LogP contribution < -0.4 is 5.23 Å². The first-order chi connectivity index (χ1) is 2.41. The summed E-state index contributed by atoms with van der Waals surface area (Å²) >= 11 is 0. The number of rotatable bonds is 2. The molecule has 0 aromatic rings. The fourth-order valence-corrected chi connectivity index (χ4v) is 0.0833. The van der Waals surface area contributed by atoms with Crippen LogP contribution in [0.3, 0.4) is 0 Å². The summed E-state index contributed by atoms with van der Waals surface area (Å²) in [6, 6.07) is 0. The molecule has 3 heteroatoms. The lowest BCUT2D eigenvalue weighted by atomic mass is 10.0. The molecule has 0 aromatic carbocycles. The van der Waals surface area contributed by atoms with Crippen LogP contribution in [0.1, 0.15) is 0 Å². The Kier molecular flexibility index (Phi) is 3.21. The van der Waals surface area contributed by atoms with E-state index in [9.17, 15) is 4.79 Å². The molecule has 0 aliphatic heterocycles. The summed E-state index contributed by atoms with van der Waals surface area (Å²) in [4.78, 5) is 9.29. The quantitative estimate of drug-likeness (QED) is 0.332. The maximum atomic E-state index is 9.29. The van der Waals surface area contributed by atoms with Crippen LogP contribution in [0.5, 0.6) is 0 Å². The minimum Gasteiger partial charge on any atom is -0.405 e. The summed E-state index contributed by atoms with van der Waals surface area (Å²) in [5, 5.41) is 2.43. The topological polar surface area (TPSA) is 29.1 Å². The SMILES string of the molecule is CBNC=O. The molecule has 0 bridgehead atoms. The van der Waals surface area contributed by atoms with Crippen LogP contribution in [-0.4, -0.2) is 13.8 Å². The largest absolute Gasteiger partial charge is 0.405 e. The van der Waals surface area contributed by atoms with Gasteiger partial charge in [0.05, 0.1) is 0 Å². The molecule has 0 aromatic heterocycles. The molecule has 28 valence electrons. The van der Waals surface area contributed by atoms with Crippen molar-refractivity contribution in [3.8, 4) is 0 Å². The highest BCUT2D eigenvalue weighted by molar-refractivity contribution is 6.33. The Morgan fingerprint density at radius 3 is 2.60 bits per heavy atom. The van der Waals surface area contributed by atoms with Crippen molar-refractivity contribution in [3.05, 3.63) is 0 Å². The van der Waals surface area contributed by atoms with Gasteiger partial charge < -0.3 is 5.23 Å². The normalized spacial score (nSPS) is 5.80. The minimum atomic E-state index is 0.681. The van der Waals surface area contributed by atoms with Gasteiger partial charge in [0.25, 0.3) is 0 Å². The van der Waals surface area contributed by atoms with Crippen molar-refractivity contribution in [2.24, 2.45) is 0 Å². The standard InChI is InChI=1S/C2H6BNO/c1-3-4-2-5/h2-3H,1H3,(H,4,5). The van der Waals surface area contributed by atoms with Crippen LogP contribution >= 0.6 is 0 Å². The van der Waals surface area contributed by atoms with Crippen LogP contribution in [0.25, 0.3) is 0 Å². The number of carbonyl (C=O) groups excluding carboxylic acids is 1. The molecule has 0 spiro atoms. The van der Waals surface area contributed by atoms with Gasteiger partial charge in [-0.05, 0) is 0 Å². The van der Waals surface area contributed by atoms with Crippen molar-refractivity contribution in [1.82, 2.24) is 5.23 Å². The van der Waals surface area contributed by atoms with Gasteiger partial charge in [0.1, 0.15) is 0 Å². The zero-order valence-electron chi connectivity index (χ0n) is 3.19. The minimum absolute atomic E-state index is 0.681. The van der Waals surface area contributed by atoms with Crippen molar-refractivity contribution in [3.63, 3.8) is 0 Å². The van der Waals surface area contributed by atoms with Gasteiger partial charge >= 0.3 is 0 Å². The molecule has 5 heavy (non-hydrogen) atoms. The van der Waals surface area contributed by atoms with Crippen molar-refractivity contribution in [2.45, 2.75) is 6.82 Å². The fraction of sp³-hybridized carbons (Fsp3) is 0.500. The average molecular weight is 70.9 g/mol. The maximum absolute atomic E-state index is 9.29. The van der Waals surface area contributed by atoms with Gasteiger partial charge in [-0.2, -0.15) is 0 Å². The molecule has 0 heterocycles. The second kappa shape index (κ2) is 3.53. The van der Waals surface area contributed by atoms with Crippen LogP contribution in [0.4, 0.5) is 0 Å². The first kappa shape index (κ1) is 4.53. The highest BCUT2D eigenvalue weighted by Crippen LogP contribution is 1.33. The second-order valence-corrected chi connectivity index (χ2v) is 0.676. The van der Waals surface area contributed by atoms with E-state index in [1.165, 1.54) is 0 Å². The maximum Gasteiger partial charge on any atom is 0.232 e. The summed E-state index contributed by atoms with van der Waals surface area (Å²) < 4.78 is 0. The predicted octanol–water partition coefficient (Wildman–Crippen LogP) is -0.868. The predicted molar refractivity (Wildman–Crippen MR) is 22.2 cm³/mol. The van der Waals surface area contributed by atoms with E-state index >= 15 is 0 Å². The Bertz CT molecular complexity index is 30.8. The van der Waals surface area contributed by atoms with E-state index in [-0.39, 0.29) is 0 Å². The molecular weight excluding hydrogens is 64.8 g/mol. The van der Waals surface area contributed by atoms with E-state index in [0.717, 1.165) is 7.41 Å². The summed E-state index contributed by atoms with van der Waals surface area (Å²) in [6.45, 7) is 1.87. The Labute approximate surface area is 31.8 Å². The Morgan fingerprint density at radius 1 is 2.00 bits per heavy atom. The molecule has 0 aliphatic rings. The number of nitrogens with one attached hydrogen (secondary N) is 1. The van der Waals surface area contributed by atoms with Crippen LogP contribution in [-0.2, 0) is 4.79 Å². The molecule has 0 aliphatic carbocycles. The molecule has 0 radical (unpaired) electrons. The highest BCUT2D eigenvalue weighted by atomic mass is 16.1. The van der Waals surface area contributed by atoms with E-state index in [0.29, 0.717) is 6.41 Å². The Morgan fingerprint density at radius 2 is 2.60 bits per heavy atom. The van der Waals surface area contributed by atoms with E-state index in [1.54, 1.807) is 0 Å². The first-order valence-corrected chi connectivity index (χ1v) is 1.59. The molecule has 0 rings (SSSR count). The summed E-state index contributed by atoms with van der Waals surface area (Å²) in [7, 11) is 0.726. The lowest BCUT2D eigenvalue weighted by Crippen LogP contribution is -2.11. The fourth-order valence-electron chi connectivity index (χ4n) is 0.0833. The van der Waals surface area contributed by atoms with E-state index < -0.39 is 0 Å². The van der Waals surface area contributed by atoms with E-state index in [4.69, 9.17) is 0 Å². The molecule has 0 unspecified atom stereocenters. The van der Waals surface area contributed by atoms with Gasteiger partial charge in [-0.3, -0.25) is 4.79 Å². The lowest BCUT2D eigenvalue weighted by molar-refractivity contribution is -0.108. The van der Waals surface area contributed by atoms with E-state index in [2.05, 4.69) is 5.23 Å². The van der Waals surface area contributed by atoms with Crippen molar-refractivity contribution in [1.29, 1.82) is 0 Å². The molecule has 2 nitrogen and oxygen atoms in total. The summed E-state index contributed by atoms with van der Waals surface area (Å²) in [5.41, 5.74) is 0. The summed E-state index contributed by atoms with van der Waals surface area (Å²) in [5.74, 6) is 0. The van der Waals surface area contributed by atoms with Gasteiger partial charge in [-0.25, -0.2) is 0 Å². The first-order valence-electron chi connectivity index (χ1n) is 1.59. The third kappa shape index (κ3) is 3.53. The second-order valence-electron chi connectivity index (χ2n) is 0.676. The highest BCUT2D eigenvalue weighted by Gasteiger charge is 1.65. The van der Waals surface area contributed by atoms with E-state index in [1.807, 2.05) is 6.82 Å². The van der Waals surface area contributed by atoms with Crippen LogP contribution in [0.15, 0.2) is 0 Å². The molecule has 0 saturated heterocycles. The smallest absolute Gasteiger partial charge is 0.232 e. The zero-order chi connectivity index (χ0) is 4.12. The number of hydrogen-bond acceptors (Lipinski definition) is 1. The number of carbonyl (C=O) groups is 1. The third-order valence-corrected chi connectivity index (χ3v) is 0.287. The van der Waals surface area contributed by atoms with Crippen molar-refractivity contribution < 1.29 is 4.79 Å². The monoisotopic (exact) mass is 71.1 g/mol. The van der Waals surface area contributed by atoms with Crippen LogP contribution in [0.2, 0.25) is 6.82 Å². The molecule has 0 atom stereocenters. The Balaban J connectivity index is 2.40. The molecule has 1 amide bonds. The van der Waals surface area contributed by atoms with Gasteiger partial charge in [0.2, 0.25) is 7.41 Å². The van der Waals surface area contributed by atoms with Gasteiger partial charge in [-0.15, -0.1) is 0 Å². The molecule has 0 saturated carbocycles. The number of hydrogen-bond donors (Lipinski definition) is 1. The molecule has 1 N–H and O–H groups in total. The van der Waals surface area contributed by atoms with Gasteiger partial charge in [-0.1, -0.05) is 6.82 Å². The van der Waals surface area contributed by atoms with Crippen LogP contribution in [0, 0.1) is 0 Å². The van der Waals surface area contributed by atoms with Crippen molar-refractivity contribution in [2.75, 3.05) is 0 Å². The number of amides is 1. The third-order valence-electron chi connectivity index (χ3n) is 0.287. The van der Waals surface area contributed by atoms with Gasteiger partial charge in [0, 0.05) is 0 Å². The Hall–Kier alpha value is -0.465. The van der Waals surface area contributed by atoms with Gasteiger partial charge in [0.15, 0.2) is 6.41 Å². The zero-order valence-corrected chi connectivity index (χ0v) is 3.19. The summed E-state index contributed by atoms with van der Waals surface area (Å²) in [6.07, 6.45) is 0.681. The molecular formula is C2H6BNO. The average Bonchev–Trinajstić information content (AvgIpc) is 1.41. The lowest BCUT2D eigenvalue weighted by Gasteiger charge is -1.75.